The molecule has 7 nitrogen and oxygen atoms in total. The molecule has 0 radical (unpaired) electrons. The first-order valence-corrected chi connectivity index (χ1v) is 11.2. The molecule has 2 unspecified atom stereocenters. The highest BCUT2D eigenvalue weighted by Crippen LogP contribution is 2.33. The zero-order valence-electron chi connectivity index (χ0n) is 18.6. The van der Waals surface area contributed by atoms with Crippen LogP contribution in [0.15, 0.2) is 18.2 Å². The van der Waals surface area contributed by atoms with Crippen LogP contribution in [0.25, 0.3) is 0 Å². The van der Waals surface area contributed by atoms with Crippen molar-refractivity contribution in [1.82, 2.24) is 14.9 Å². The number of ether oxygens (including phenoxy) is 1. The summed E-state index contributed by atoms with van der Waals surface area (Å²) < 4.78 is 5.34. The van der Waals surface area contributed by atoms with Crippen LogP contribution in [0.1, 0.15) is 47.1 Å². The number of amides is 2. The van der Waals surface area contributed by atoms with Crippen LogP contribution in [-0.2, 0) is 0 Å². The van der Waals surface area contributed by atoms with Crippen LogP contribution in [0.5, 0.6) is 5.88 Å². The van der Waals surface area contributed by atoms with Gasteiger partial charge in [-0.15, -0.1) is 23.2 Å². The first-order chi connectivity index (χ1) is 14.7. The van der Waals surface area contributed by atoms with E-state index in [1.54, 1.807) is 18.7 Å². The topological polar surface area (TPSA) is 70.6 Å². The van der Waals surface area contributed by atoms with Crippen molar-refractivity contribution in [3.63, 3.8) is 0 Å². The first-order valence-electron chi connectivity index (χ1n) is 10.3. The van der Waals surface area contributed by atoms with E-state index >= 15 is 0 Å². The third-order valence-electron chi connectivity index (χ3n) is 5.23. The maximum atomic E-state index is 12.9. The molecule has 0 bridgehead atoms. The van der Waals surface area contributed by atoms with Crippen LogP contribution >= 0.6 is 23.2 Å². The highest BCUT2D eigenvalue weighted by molar-refractivity contribution is 6.22. The van der Waals surface area contributed by atoms with E-state index < -0.39 is 5.38 Å². The van der Waals surface area contributed by atoms with Crippen molar-refractivity contribution in [1.29, 1.82) is 0 Å². The molecule has 3 rings (SSSR count). The molecule has 1 saturated heterocycles. The number of methoxy groups -OCH3 is 1. The second-order valence-corrected chi connectivity index (χ2v) is 9.14. The van der Waals surface area contributed by atoms with Crippen LogP contribution in [0.3, 0.4) is 0 Å². The van der Waals surface area contributed by atoms with Crippen molar-refractivity contribution >= 4 is 40.7 Å². The summed E-state index contributed by atoms with van der Waals surface area (Å²) in [5.41, 5.74) is 4.73. The number of piperazine rings is 1. The van der Waals surface area contributed by atoms with Crippen LogP contribution in [0.4, 0.5) is 16.3 Å². The van der Waals surface area contributed by atoms with Gasteiger partial charge in [-0.05, 0) is 51.0 Å². The Hall–Kier alpha value is -2.25. The molecular formula is C22H29Cl2N5O2. The number of halogens is 2. The zero-order valence-corrected chi connectivity index (χ0v) is 20.1. The lowest BCUT2D eigenvalue weighted by Crippen LogP contribution is -2.50. The molecule has 0 spiro atoms. The molecule has 1 aromatic carbocycles. The number of nitrogens with one attached hydrogen (secondary N) is 1. The van der Waals surface area contributed by atoms with Crippen LogP contribution in [0, 0.1) is 13.8 Å². The Morgan fingerprint density at radius 3 is 2.06 bits per heavy atom. The second-order valence-electron chi connectivity index (χ2n) is 7.83. The third kappa shape index (κ3) is 5.52. The maximum absolute atomic E-state index is 12.9. The molecule has 2 heterocycles. The van der Waals surface area contributed by atoms with E-state index in [4.69, 9.17) is 27.9 Å². The third-order valence-corrected chi connectivity index (χ3v) is 5.64. The zero-order chi connectivity index (χ0) is 22.7. The first kappa shape index (κ1) is 23.4. The summed E-state index contributed by atoms with van der Waals surface area (Å²) >= 11 is 12.5. The molecule has 1 aliphatic heterocycles. The summed E-state index contributed by atoms with van der Waals surface area (Å²) in [4.78, 5) is 25.9. The summed E-state index contributed by atoms with van der Waals surface area (Å²) in [6.45, 7) is 10.5. The number of aryl methyl sites for hydroxylation is 2. The van der Waals surface area contributed by atoms with Gasteiger partial charge in [0.2, 0.25) is 0 Å². The normalized spacial score (nSPS) is 16.1. The average molecular weight is 466 g/mol. The Labute approximate surface area is 193 Å². The standard InChI is InChI=1S/C22H29Cl2N5O2/c1-13-10-14(2)12-17(11-13)28-6-8-29(9-7-28)22(30)27-20-21(31-5)26-19(16(4)24)18(25-20)15(3)23/h10-12,15-16H,6-9H2,1-5H3,(H,25,27,30). The minimum atomic E-state index is -0.411. The van der Waals surface area contributed by atoms with Gasteiger partial charge in [-0.25, -0.2) is 14.8 Å². The molecule has 1 N–H and O–H groups in total. The Kier molecular flexibility index (Phi) is 7.49. The van der Waals surface area contributed by atoms with E-state index in [9.17, 15) is 4.79 Å². The molecule has 2 amide bonds. The minimum Gasteiger partial charge on any atom is -0.478 e. The number of rotatable bonds is 5. The largest absolute Gasteiger partial charge is 0.478 e. The number of carbonyl (C=O) groups is 1. The number of anilines is 2. The molecule has 1 aliphatic rings. The summed E-state index contributed by atoms with van der Waals surface area (Å²) in [6, 6.07) is 6.27. The molecule has 9 heteroatoms. The molecule has 168 valence electrons. The Morgan fingerprint density at radius 1 is 1.00 bits per heavy atom. The van der Waals surface area contributed by atoms with Crippen molar-refractivity contribution in [2.24, 2.45) is 0 Å². The number of hydrogen-bond acceptors (Lipinski definition) is 5. The van der Waals surface area contributed by atoms with Crippen molar-refractivity contribution in [3.8, 4) is 5.88 Å². The van der Waals surface area contributed by atoms with Crippen molar-refractivity contribution in [3.05, 3.63) is 40.7 Å². The monoisotopic (exact) mass is 465 g/mol. The second kappa shape index (κ2) is 9.92. The Balaban J connectivity index is 1.71. The van der Waals surface area contributed by atoms with E-state index in [-0.39, 0.29) is 23.1 Å². The molecule has 1 aromatic heterocycles. The Morgan fingerprint density at radius 2 is 1.55 bits per heavy atom. The summed E-state index contributed by atoms with van der Waals surface area (Å²) in [6.07, 6.45) is 0. The number of urea groups is 1. The number of aromatic nitrogens is 2. The lowest BCUT2D eigenvalue weighted by molar-refractivity contribution is 0.208. The fourth-order valence-corrected chi connectivity index (χ4v) is 4.06. The summed E-state index contributed by atoms with van der Waals surface area (Å²) in [5, 5.41) is 2.03. The molecule has 2 atom stereocenters. The SMILES string of the molecule is COc1nc(C(C)Cl)c(C(C)Cl)nc1NC(=O)N1CCN(c2cc(C)cc(C)c2)CC1. The van der Waals surface area contributed by atoms with E-state index in [1.165, 1.54) is 23.9 Å². The van der Waals surface area contributed by atoms with Gasteiger partial charge < -0.3 is 14.5 Å². The van der Waals surface area contributed by atoms with Gasteiger partial charge in [0.05, 0.1) is 29.3 Å². The van der Waals surface area contributed by atoms with Gasteiger partial charge in [-0.3, -0.25) is 5.32 Å². The predicted molar refractivity (Wildman–Crippen MR) is 126 cm³/mol. The van der Waals surface area contributed by atoms with E-state index in [2.05, 4.69) is 52.2 Å². The molecule has 0 aliphatic carbocycles. The predicted octanol–water partition coefficient (Wildman–Crippen LogP) is 5.06. The summed E-state index contributed by atoms with van der Waals surface area (Å²) in [5.74, 6) is 0.457. The fourth-order valence-electron chi connectivity index (χ4n) is 3.74. The number of hydrogen-bond donors (Lipinski definition) is 1. The maximum Gasteiger partial charge on any atom is 0.323 e. The van der Waals surface area contributed by atoms with Gasteiger partial charge in [0, 0.05) is 31.9 Å². The van der Waals surface area contributed by atoms with Gasteiger partial charge in [-0.2, -0.15) is 0 Å². The lowest BCUT2D eigenvalue weighted by atomic mass is 10.1. The van der Waals surface area contributed by atoms with Crippen molar-refractivity contribution < 1.29 is 9.53 Å². The molecular weight excluding hydrogens is 437 g/mol. The van der Waals surface area contributed by atoms with Crippen LogP contribution in [-0.4, -0.2) is 54.2 Å². The van der Waals surface area contributed by atoms with E-state index in [1.807, 2.05) is 0 Å². The molecule has 0 saturated carbocycles. The smallest absolute Gasteiger partial charge is 0.323 e. The quantitative estimate of drug-likeness (QED) is 0.624. The van der Waals surface area contributed by atoms with Crippen molar-refractivity contribution in [2.45, 2.75) is 38.4 Å². The molecule has 31 heavy (non-hydrogen) atoms. The summed E-state index contributed by atoms with van der Waals surface area (Å²) in [7, 11) is 1.48. The average Bonchev–Trinajstić information content (AvgIpc) is 2.72. The van der Waals surface area contributed by atoms with Gasteiger partial charge in [-0.1, -0.05) is 6.07 Å². The number of nitrogens with zero attached hydrogens (tertiary/aromatic N) is 4. The number of carbonyl (C=O) groups excluding carboxylic acids is 1. The van der Waals surface area contributed by atoms with Crippen LogP contribution in [0.2, 0.25) is 0 Å². The van der Waals surface area contributed by atoms with Crippen molar-refractivity contribution in [2.75, 3.05) is 43.5 Å². The highest BCUT2D eigenvalue weighted by atomic mass is 35.5. The molecule has 1 fully saturated rings. The van der Waals surface area contributed by atoms with E-state index in [0.717, 1.165) is 13.1 Å². The van der Waals surface area contributed by atoms with Crippen LogP contribution < -0.4 is 15.0 Å². The van der Waals surface area contributed by atoms with Gasteiger partial charge in [0.1, 0.15) is 0 Å². The molecule has 2 aromatic rings. The van der Waals surface area contributed by atoms with E-state index in [0.29, 0.717) is 24.5 Å². The minimum absolute atomic E-state index is 0.214. The fraction of sp³-hybridized carbons (Fsp3) is 0.500. The Bertz CT molecular complexity index is 923. The van der Waals surface area contributed by atoms with Gasteiger partial charge in [0.25, 0.3) is 5.88 Å². The van der Waals surface area contributed by atoms with Gasteiger partial charge in [0.15, 0.2) is 5.82 Å². The van der Waals surface area contributed by atoms with Gasteiger partial charge >= 0.3 is 6.03 Å². The number of alkyl halides is 2. The lowest BCUT2D eigenvalue weighted by Gasteiger charge is -2.36. The number of benzene rings is 1. The highest BCUT2D eigenvalue weighted by Gasteiger charge is 2.25.